The van der Waals surface area contributed by atoms with Crippen LogP contribution in [-0.4, -0.2) is 57.3 Å². The molecule has 2 N–H and O–H groups in total. The molecule has 0 bridgehead atoms. The molecule has 2 atom stereocenters. The lowest BCUT2D eigenvalue weighted by Gasteiger charge is -2.24. The average molecular weight is 318 g/mol. The van der Waals surface area contributed by atoms with Crippen molar-refractivity contribution in [2.24, 2.45) is 4.99 Å². The number of ether oxygens (including phenoxy) is 1. The largest absolute Gasteiger partial charge is 0.376 e. The lowest BCUT2D eigenvalue weighted by molar-refractivity contribution is 0.114. The number of hydrogen-bond donors (Lipinski definition) is 2. The van der Waals surface area contributed by atoms with Gasteiger partial charge in [0.1, 0.15) is 0 Å². The second-order valence-electron chi connectivity index (χ2n) is 6.13. The molecule has 1 aromatic carbocycles. The van der Waals surface area contributed by atoms with Crippen LogP contribution in [0.3, 0.4) is 0 Å². The third kappa shape index (κ3) is 5.84. The fourth-order valence-electron chi connectivity index (χ4n) is 2.78. The normalized spacial score (nSPS) is 19.8. The van der Waals surface area contributed by atoms with Crippen LogP contribution in [0.2, 0.25) is 0 Å². The zero-order valence-corrected chi connectivity index (χ0v) is 14.6. The second-order valence-corrected chi connectivity index (χ2v) is 6.13. The molecule has 5 heteroatoms. The van der Waals surface area contributed by atoms with E-state index in [1.165, 1.54) is 5.56 Å². The molecule has 2 rings (SSSR count). The van der Waals surface area contributed by atoms with Crippen LogP contribution in [0.25, 0.3) is 0 Å². The summed E-state index contributed by atoms with van der Waals surface area (Å²) in [7, 11) is 4.19. The first kappa shape index (κ1) is 17.8. The van der Waals surface area contributed by atoms with E-state index in [-0.39, 0.29) is 6.04 Å². The van der Waals surface area contributed by atoms with Crippen molar-refractivity contribution in [3.63, 3.8) is 0 Å². The molecule has 1 saturated heterocycles. The van der Waals surface area contributed by atoms with Crippen LogP contribution >= 0.6 is 0 Å². The number of likely N-dealkylation sites (N-methyl/N-ethyl adjacent to an activating group) is 1. The van der Waals surface area contributed by atoms with Crippen LogP contribution in [0.4, 0.5) is 0 Å². The van der Waals surface area contributed by atoms with Crippen LogP contribution in [0.1, 0.15) is 31.4 Å². The van der Waals surface area contributed by atoms with Gasteiger partial charge in [0.2, 0.25) is 0 Å². The molecule has 1 aromatic rings. The number of aliphatic imine (C=N–C) groups is 1. The Labute approximate surface area is 140 Å². The standard InChI is InChI=1S/C18H30N4O/c1-4-19-18(20-13-16-11-8-12-23-16)21-14-17(22(2)3)15-9-6-5-7-10-15/h5-7,9-10,16-17H,4,8,11-14H2,1-3H3,(H2,19,20,21). The van der Waals surface area contributed by atoms with Crippen LogP contribution in [0, 0.1) is 0 Å². The molecule has 0 amide bonds. The summed E-state index contributed by atoms with van der Waals surface area (Å²) in [5.74, 6) is 0.866. The molecule has 0 spiro atoms. The zero-order valence-electron chi connectivity index (χ0n) is 14.6. The Morgan fingerprint density at radius 1 is 1.30 bits per heavy atom. The quantitative estimate of drug-likeness (QED) is 0.596. The van der Waals surface area contributed by atoms with Crippen LogP contribution < -0.4 is 10.6 Å². The van der Waals surface area contributed by atoms with Crippen molar-refractivity contribution in [3.05, 3.63) is 35.9 Å². The molecule has 1 aliphatic rings. The average Bonchev–Trinajstić information content (AvgIpc) is 3.07. The van der Waals surface area contributed by atoms with E-state index in [4.69, 9.17) is 9.73 Å². The highest BCUT2D eigenvalue weighted by molar-refractivity contribution is 5.79. The van der Waals surface area contributed by atoms with Gasteiger partial charge in [-0.25, -0.2) is 0 Å². The summed E-state index contributed by atoms with van der Waals surface area (Å²) in [6.07, 6.45) is 2.62. The Balaban J connectivity index is 1.95. The topological polar surface area (TPSA) is 48.9 Å². The minimum Gasteiger partial charge on any atom is -0.376 e. The van der Waals surface area contributed by atoms with Crippen LogP contribution in [0.5, 0.6) is 0 Å². The van der Waals surface area contributed by atoms with Gasteiger partial charge in [-0.1, -0.05) is 30.3 Å². The number of rotatable bonds is 7. The third-order valence-electron chi connectivity index (χ3n) is 4.10. The molecular formula is C18H30N4O. The number of nitrogens with one attached hydrogen (secondary N) is 2. The van der Waals surface area contributed by atoms with Crippen molar-refractivity contribution < 1.29 is 4.74 Å². The zero-order chi connectivity index (χ0) is 16.5. The molecule has 0 saturated carbocycles. The Morgan fingerprint density at radius 2 is 2.09 bits per heavy atom. The van der Waals surface area contributed by atoms with Gasteiger partial charge in [0, 0.05) is 19.7 Å². The van der Waals surface area contributed by atoms with E-state index in [9.17, 15) is 0 Å². The summed E-state index contributed by atoms with van der Waals surface area (Å²) >= 11 is 0. The first-order valence-corrected chi connectivity index (χ1v) is 8.56. The first-order valence-electron chi connectivity index (χ1n) is 8.56. The molecule has 1 aliphatic heterocycles. The molecule has 0 aliphatic carbocycles. The highest BCUT2D eigenvalue weighted by Crippen LogP contribution is 2.18. The fraction of sp³-hybridized carbons (Fsp3) is 0.611. The summed E-state index contributed by atoms with van der Waals surface area (Å²) in [4.78, 5) is 6.98. The van der Waals surface area contributed by atoms with E-state index in [1.54, 1.807) is 0 Å². The number of nitrogens with zero attached hydrogens (tertiary/aromatic N) is 2. The maximum Gasteiger partial charge on any atom is 0.191 e. The van der Waals surface area contributed by atoms with E-state index in [0.29, 0.717) is 6.10 Å². The van der Waals surface area contributed by atoms with Gasteiger partial charge in [-0.15, -0.1) is 0 Å². The van der Waals surface area contributed by atoms with Gasteiger partial charge in [-0.3, -0.25) is 4.99 Å². The van der Waals surface area contributed by atoms with Crippen LogP contribution in [-0.2, 0) is 4.74 Å². The predicted octanol–water partition coefficient (Wildman–Crippen LogP) is 2.02. The lowest BCUT2D eigenvalue weighted by Crippen LogP contribution is -2.41. The van der Waals surface area contributed by atoms with E-state index in [1.807, 2.05) is 6.07 Å². The van der Waals surface area contributed by atoms with Gasteiger partial charge in [-0.2, -0.15) is 0 Å². The Hall–Kier alpha value is -1.59. The summed E-state index contributed by atoms with van der Waals surface area (Å²) in [6.45, 7) is 5.37. The minimum atomic E-state index is 0.273. The van der Waals surface area contributed by atoms with Crippen molar-refractivity contribution in [2.75, 3.05) is 40.3 Å². The highest BCUT2D eigenvalue weighted by atomic mass is 16.5. The fourth-order valence-corrected chi connectivity index (χ4v) is 2.78. The second kappa shape index (κ2) is 9.53. The Morgan fingerprint density at radius 3 is 2.70 bits per heavy atom. The lowest BCUT2D eigenvalue weighted by atomic mass is 10.1. The van der Waals surface area contributed by atoms with Gasteiger partial charge in [0.25, 0.3) is 0 Å². The minimum absolute atomic E-state index is 0.273. The predicted molar refractivity (Wildman–Crippen MR) is 95.8 cm³/mol. The number of benzene rings is 1. The molecule has 128 valence electrons. The van der Waals surface area contributed by atoms with Crippen molar-refractivity contribution in [3.8, 4) is 0 Å². The van der Waals surface area contributed by atoms with E-state index < -0.39 is 0 Å². The number of hydrogen-bond acceptors (Lipinski definition) is 3. The van der Waals surface area contributed by atoms with Crippen molar-refractivity contribution in [1.82, 2.24) is 15.5 Å². The monoisotopic (exact) mass is 318 g/mol. The number of guanidine groups is 1. The van der Waals surface area contributed by atoms with Gasteiger partial charge in [-0.05, 0) is 39.4 Å². The molecule has 2 unspecified atom stereocenters. The summed E-state index contributed by atoms with van der Waals surface area (Å²) in [5.41, 5.74) is 1.29. The first-order chi connectivity index (χ1) is 11.2. The van der Waals surface area contributed by atoms with Crippen molar-refractivity contribution in [1.29, 1.82) is 0 Å². The third-order valence-corrected chi connectivity index (χ3v) is 4.10. The smallest absolute Gasteiger partial charge is 0.191 e. The molecular weight excluding hydrogens is 288 g/mol. The molecule has 1 fully saturated rings. The summed E-state index contributed by atoms with van der Waals surface area (Å²) < 4.78 is 5.66. The highest BCUT2D eigenvalue weighted by Gasteiger charge is 2.16. The van der Waals surface area contributed by atoms with Gasteiger partial charge >= 0.3 is 0 Å². The maximum absolute atomic E-state index is 5.66. The molecule has 1 heterocycles. The summed E-state index contributed by atoms with van der Waals surface area (Å²) in [5, 5.41) is 6.72. The Kier molecular flexibility index (Phi) is 7.36. The molecule has 0 aromatic heterocycles. The van der Waals surface area contributed by atoms with E-state index >= 15 is 0 Å². The van der Waals surface area contributed by atoms with Crippen molar-refractivity contribution >= 4 is 5.96 Å². The van der Waals surface area contributed by atoms with Gasteiger partial charge in [0.15, 0.2) is 5.96 Å². The maximum atomic E-state index is 5.66. The van der Waals surface area contributed by atoms with Crippen molar-refractivity contribution in [2.45, 2.75) is 31.9 Å². The molecule has 5 nitrogen and oxygen atoms in total. The molecule has 0 radical (unpaired) electrons. The van der Waals surface area contributed by atoms with Gasteiger partial charge in [0.05, 0.1) is 18.7 Å². The van der Waals surface area contributed by atoms with Crippen LogP contribution in [0.15, 0.2) is 35.3 Å². The molecule has 23 heavy (non-hydrogen) atoms. The van der Waals surface area contributed by atoms with Gasteiger partial charge < -0.3 is 20.3 Å². The Bertz CT molecular complexity index is 469. The SMILES string of the molecule is CCNC(=NCC(c1ccccc1)N(C)C)NCC1CCCO1. The van der Waals surface area contributed by atoms with E-state index in [2.05, 4.69) is 60.8 Å². The van der Waals surface area contributed by atoms with E-state index in [0.717, 1.165) is 45.0 Å². The summed E-state index contributed by atoms with van der Waals surface area (Å²) in [6, 6.07) is 10.8.